The average molecular weight is 248 g/mol. The van der Waals surface area contributed by atoms with E-state index in [1.54, 1.807) is 0 Å². The van der Waals surface area contributed by atoms with Gasteiger partial charge in [-0.15, -0.1) is 0 Å². The number of anilines is 2. The van der Waals surface area contributed by atoms with E-state index in [1.165, 1.54) is 19.3 Å². The van der Waals surface area contributed by atoms with Crippen molar-refractivity contribution in [1.29, 1.82) is 0 Å². The lowest BCUT2D eigenvalue weighted by molar-refractivity contribution is 0.636. The van der Waals surface area contributed by atoms with Gasteiger partial charge >= 0.3 is 0 Å². The van der Waals surface area contributed by atoms with Gasteiger partial charge in [0.1, 0.15) is 17.5 Å². The van der Waals surface area contributed by atoms with Crippen LogP contribution in [0.25, 0.3) is 0 Å². The van der Waals surface area contributed by atoms with E-state index in [0.717, 1.165) is 24.0 Å². The molecular formula is C14H24N4. The first-order valence-corrected chi connectivity index (χ1v) is 6.99. The Labute approximate surface area is 110 Å². The standard InChI is InChI=1S/C14H24N4/c1-5-11-7-6-8-18(11)13-9-12(15-4)16-14(17-13)10(2)3/h9-11H,5-8H2,1-4H3,(H,15,16,17). The summed E-state index contributed by atoms with van der Waals surface area (Å²) in [6, 6.07) is 2.71. The van der Waals surface area contributed by atoms with E-state index < -0.39 is 0 Å². The first-order chi connectivity index (χ1) is 8.65. The molecule has 1 aromatic heterocycles. The first-order valence-electron chi connectivity index (χ1n) is 6.99. The summed E-state index contributed by atoms with van der Waals surface area (Å²) in [7, 11) is 1.91. The largest absolute Gasteiger partial charge is 0.373 e. The topological polar surface area (TPSA) is 41.0 Å². The molecule has 1 saturated heterocycles. The molecule has 0 saturated carbocycles. The Morgan fingerprint density at radius 1 is 1.44 bits per heavy atom. The number of nitrogens with one attached hydrogen (secondary N) is 1. The maximum Gasteiger partial charge on any atom is 0.135 e. The molecule has 0 bridgehead atoms. The van der Waals surface area contributed by atoms with Gasteiger partial charge in [0.05, 0.1) is 0 Å². The zero-order chi connectivity index (χ0) is 13.1. The van der Waals surface area contributed by atoms with E-state index in [0.29, 0.717) is 12.0 Å². The molecule has 0 aromatic carbocycles. The van der Waals surface area contributed by atoms with Gasteiger partial charge in [-0.1, -0.05) is 20.8 Å². The van der Waals surface area contributed by atoms with Crippen LogP contribution >= 0.6 is 0 Å². The van der Waals surface area contributed by atoms with E-state index >= 15 is 0 Å². The van der Waals surface area contributed by atoms with Crippen molar-refractivity contribution in [3.63, 3.8) is 0 Å². The van der Waals surface area contributed by atoms with Crippen LogP contribution in [0, 0.1) is 0 Å². The van der Waals surface area contributed by atoms with Crippen molar-refractivity contribution < 1.29 is 0 Å². The Bertz CT molecular complexity index is 403. The molecule has 4 heteroatoms. The minimum absolute atomic E-state index is 0.361. The third-order valence-electron chi connectivity index (χ3n) is 3.65. The Hall–Kier alpha value is -1.32. The van der Waals surface area contributed by atoms with Gasteiger partial charge < -0.3 is 10.2 Å². The molecule has 0 spiro atoms. The highest BCUT2D eigenvalue weighted by Crippen LogP contribution is 2.28. The third-order valence-corrected chi connectivity index (χ3v) is 3.65. The van der Waals surface area contributed by atoms with E-state index in [9.17, 15) is 0 Å². The van der Waals surface area contributed by atoms with Crippen LogP contribution < -0.4 is 10.2 Å². The molecule has 0 radical (unpaired) electrons. The highest BCUT2D eigenvalue weighted by atomic mass is 15.2. The summed E-state index contributed by atoms with van der Waals surface area (Å²) in [6.07, 6.45) is 3.75. The van der Waals surface area contributed by atoms with E-state index in [-0.39, 0.29) is 0 Å². The van der Waals surface area contributed by atoms with E-state index in [1.807, 2.05) is 7.05 Å². The predicted octanol–water partition coefficient (Wildman–Crippen LogP) is 3.02. The number of aromatic nitrogens is 2. The van der Waals surface area contributed by atoms with Crippen molar-refractivity contribution in [2.45, 2.75) is 52.0 Å². The Kier molecular flexibility index (Phi) is 4.04. The summed E-state index contributed by atoms with van der Waals surface area (Å²) in [5.74, 6) is 3.30. The molecule has 1 aliphatic heterocycles. The molecule has 1 aromatic rings. The van der Waals surface area contributed by atoms with E-state index in [4.69, 9.17) is 4.98 Å². The van der Waals surface area contributed by atoms with Crippen molar-refractivity contribution in [2.24, 2.45) is 0 Å². The van der Waals surface area contributed by atoms with Gasteiger partial charge in [0.25, 0.3) is 0 Å². The molecule has 2 heterocycles. The van der Waals surface area contributed by atoms with Crippen LogP contribution in [0.4, 0.5) is 11.6 Å². The molecule has 1 aliphatic rings. The third kappa shape index (κ3) is 2.57. The van der Waals surface area contributed by atoms with Crippen LogP contribution in [0.2, 0.25) is 0 Å². The zero-order valence-corrected chi connectivity index (χ0v) is 11.9. The number of hydrogen-bond acceptors (Lipinski definition) is 4. The zero-order valence-electron chi connectivity index (χ0n) is 11.9. The molecule has 1 atom stereocenters. The van der Waals surface area contributed by atoms with Crippen LogP contribution in [-0.2, 0) is 0 Å². The Morgan fingerprint density at radius 3 is 2.83 bits per heavy atom. The van der Waals surface area contributed by atoms with Gasteiger partial charge in [-0.2, -0.15) is 0 Å². The number of nitrogens with zero attached hydrogens (tertiary/aromatic N) is 3. The van der Waals surface area contributed by atoms with Gasteiger partial charge in [0.2, 0.25) is 0 Å². The van der Waals surface area contributed by atoms with Gasteiger partial charge in [-0.05, 0) is 19.3 Å². The van der Waals surface area contributed by atoms with Crippen LogP contribution in [0.5, 0.6) is 0 Å². The average Bonchev–Trinajstić information content (AvgIpc) is 2.86. The summed E-state index contributed by atoms with van der Waals surface area (Å²) in [5.41, 5.74) is 0. The van der Waals surface area contributed by atoms with Crippen LogP contribution in [0.3, 0.4) is 0 Å². The van der Waals surface area contributed by atoms with Crippen molar-refractivity contribution >= 4 is 11.6 Å². The molecule has 100 valence electrons. The minimum Gasteiger partial charge on any atom is -0.373 e. The van der Waals surface area contributed by atoms with Gasteiger partial charge in [0, 0.05) is 31.6 Å². The number of rotatable bonds is 4. The normalized spacial score (nSPS) is 19.6. The summed E-state index contributed by atoms with van der Waals surface area (Å²) >= 11 is 0. The molecule has 1 unspecified atom stereocenters. The second kappa shape index (κ2) is 5.55. The molecule has 4 nitrogen and oxygen atoms in total. The van der Waals surface area contributed by atoms with E-state index in [2.05, 4.69) is 42.0 Å². The Morgan fingerprint density at radius 2 is 2.22 bits per heavy atom. The molecule has 1 fully saturated rings. The lowest BCUT2D eigenvalue weighted by Gasteiger charge is -2.25. The smallest absolute Gasteiger partial charge is 0.135 e. The lowest BCUT2D eigenvalue weighted by atomic mass is 10.1. The summed E-state index contributed by atoms with van der Waals surface area (Å²) in [6.45, 7) is 7.66. The minimum atomic E-state index is 0.361. The highest BCUT2D eigenvalue weighted by Gasteiger charge is 2.25. The molecule has 1 N–H and O–H groups in total. The molecular weight excluding hydrogens is 224 g/mol. The van der Waals surface area contributed by atoms with Gasteiger partial charge in [0.15, 0.2) is 0 Å². The molecule has 18 heavy (non-hydrogen) atoms. The number of hydrogen-bond donors (Lipinski definition) is 1. The van der Waals surface area contributed by atoms with Gasteiger partial charge in [-0.25, -0.2) is 9.97 Å². The monoisotopic (exact) mass is 248 g/mol. The SMILES string of the molecule is CCC1CCCN1c1cc(NC)nc(C(C)C)n1. The van der Waals surface area contributed by atoms with Crippen molar-refractivity contribution in [3.05, 3.63) is 11.9 Å². The van der Waals surface area contributed by atoms with Crippen LogP contribution in [-0.4, -0.2) is 29.6 Å². The maximum atomic E-state index is 4.74. The lowest BCUT2D eigenvalue weighted by Crippen LogP contribution is -2.29. The molecule has 0 amide bonds. The fourth-order valence-electron chi connectivity index (χ4n) is 2.55. The predicted molar refractivity (Wildman–Crippen MR) is 76.3 cm³/mol. The second-order valence-corrected chi connectivity index (χ2v) is 5.27. The molecule has 2 rings (SSSR count). The molecule has 0 aliphatic carbocycles. The van der Waals surface area contributed by atoms with Crippen LogP contribution in [0.1, 0.15) is 51.8 Å². The summed E-state index contributed by atoms with van der Waals surface area (Å²) < 4.78 is 0. The van der Waals surface area contributed by atoms with Crippen LogP contribution in [0.15, 0.2) is 6.07 Å². The fourth-order valence-corrected chi connectivity index (χ4v) is 2.55. The van der Waals surface area contributed by atoms with Crippen molar-refractivity contribution in [3.8, 4) is 0 Å². The highest BCUT2D eigenvalue weighted by molar-refractivity contribution is 5.50. The van der Waals surface area contributed by atoms with Gasteiger partial charge in [-0.3, -0.25) is 0 Å². The Balaban J connectivity index is 2.34. The van der Waals surface area contributed by atoms with Crippen molar-refractivity contribution in [2.75, 3.05) is 23.8 Å². The first kappa shape index (κ1) is 13.1. The fraction of sp³-hybridized carbons (Fsp3) is 0.714. The summed E-state index contributed by atoms with van der Waals surface area (Å²) in [5, 5.41) is 3.14. The maximum absolute atomic E-state index is 4.74. The second-order valence-electron chi connectivity index (χ2n) is 5.27. The van der Waals surface area contributed by atoms with Crippen molar-refractivity contribution in [1.82, 2.24) is 9.97 Å². The quantitative estimate of drug-likeness (QED) is 0.889. The summed E-state index contributed by atoms with van der Waals surface area (Å²) in [4.78, 5) is 11.7.